The van der Waals surface area contributed by atoms with Gasteiger partial charge < -0.3 is 4.90 Å². The first-order chi connectivity index (χ1) is 12.8. The van der Waals surface area contributed by atoms with Crippen molar-refractivity contribution in [2.75, 3.05) is 26.2 Å². The van der Waals surface area contributed by atoms with E-state index in [0.29, 0.717) is 6.42 Å². The van der Waals surface area contributed by atoms with Gasteiger partial charge in [-0.2, -0.15) is 0 Å². The number of pyridine rings is 2. The van der Waals surface area contributed by atoms with Crippen molar-refractivity contribution in [3.8, 4) is 0 Å². The van der Waals surface area contributed by atoms with Crippen molar-refractivity contribution in [1.82, 2.24) is 19.8 Å². The number of carbonyl (C=O) groups is 1. The topological polar surface area (TPSA) is 49.3 Å². The number of hydrogen-bond donors (Lipinski definition) is 0. The average Bonchev–Trinajstić information content (AvgIpc) is 2.70. The maximum atomic E-state index is 12.7. The fourth-order valence-electron chi connectivity index (χ4n) is 3.49. The van der Waals surface area contributed by atoms with E-state index in [4.69, 9.17) is 0 Å². The minimum absolute atomic E-state index is 0.187. The smallest absolute Gasteiger partial charge is 0.227 e. The standard InChI is InChI=1S/C21H22N4O/c26-20(15-19-4-1-3-18-5-2-8-23-21(18)19)25-13-11-24(12-14-25)16-17-6-9-22-10-7-17/h1-10H,11-16H2. The number of benzene rings is 1. The zero-order valence-electron chi connectivity index (χ0n) is 14.7. The molecule has 1 aliphatic rings. The van der Waals surface area contributed by atoms with Gasteiger partial charge in [0.2, 0.25) is 5.91 Å². The van der Waals surface area contributed by atoms with E-state index < -0.39 is 0 Å². The van der Waals surface area contributed by atoms with Crippen LogP contribution < -0.4 is 0 Å². The Hall–Kier alpha value is -2.79. The molecule has 1 saturated heterocycles. The Balaban J connectivity index is 1.36. The molecule has 26 heavy (non-hydrogen) atoms. The highest BCUT2D eigenvalue weighted by atomic mass is 16.2. The van der Waals surface area contributed by atoms with E-state index in [1.165, 1.54) is 5.56 Å². The van der Waals surface area contributed by atoms with E-state index in [9.17, 15) is 4.79 Å². The van der Waals surface area contributed by atoms with Gasteiger partial charge in [-0.1, -0.05) is 24.3 Å². The Kier molecular flexibility index (Phi) is 4.88. The average molecular weight is 346 g/mol. The molecule has 1 aromatic carbocycles. The summed E-state index contributed by atoms with van der Waals surface area (Å²) in [6, 6.07) is 14.1. The molecule has 0 radical (unpaired) electrons. The lowest BCUT2D eigenvalue weighted by Crippen LogP contribution is -2.48. The Morgan fingerprint density at radius 2 is 1.69 bits per heavy atom. The Morgan fingerprint density at radius 3 is 2.50 bits per heavy atom. The molecular weight excluding hydrogens is 324 g/mol. The molecule has 1 amide bonds. The lowest BCUT2D eigenvalue weighted by Gasteiger charge is -2.34. The third-order valence-electron chi connectivity index (χ3n) is 4.94. The summed E-state index contributed by atoms with van der Waals surface area (Å²) in [4.78, 5) is 25.6. The van der Waals surface area contributed by atoms with Crippen molar-refractivity contribution in [2.45, 2.75) is 13.0 Å². The molecule has 2 aromatic heterocycles. The molecule has 0 bridgehead atoms. The van der Waals surface area contributed by atoms with E-state index in [1.807, 2.05) is 59.8 Å². The summed E-state index contributed by atoms with van der Waals surface area (Å²) in [5.74, 6) is 0.187. The molecule has 5 heteroatoms. The van der Waals surface area contributed by atoms with Crippen LogP contribution in [-0.4, -0.2) is 51.9 Å². The van der Waals surface area contributed by atoms with Crippen LogP contribution in [0, 0.1) is 0 Å². The van der Waals surface area contributed by atoms with Crippen molar-refractivity contribution in [1.29, 1.82) is 0 Å². The first-order valence-electron chi connectivity index (χ1n) is 9.01. The lowest BCUT2D eigenvalue weighted by molar-refractivity contribution is -0.132. The second-order valence-corrected chi connectivity index (χ2v) is 6.68. The van der Waals surface area contributed by atoms with Gasteiger partial charge in [-0.3, -0.25) is 19.7 Å². The van der Waals surface area contributed by atoms with E-state index >= 15 is 0 Å². The fourth-order valence-corrected chi connectivity index (χ4v) is 3.49. The number of hydrogen-bond acceptors (Lipinski definition) is 4. The molecule has 0 atom stereocenters. The van der Waals surface area contributed by atoms with Gasteiger partial charge in [0, 0.05) is 56.7 Å². The summed E-state index contributed by atoms with van der Waals surface area (Å²) >= 11 is 0. The number of para-hydroxylation sites is 1. The van der Waals surface area contributed by atoms with Gasteiger partial charge in [-0.05, 0) is 29.3 Å². The Bertz CT molecular complexity index is 883. The van der Waals surface area contributed by atoms with Gasteiger partial charge in [0.15, 0.2) is 0 Å². The molecule has 0 spiro atoms. The largest absolute Gasteiger partial charge is 0.340 e. The van der Waals surface area contributed by atoms with Crippen LogP contribution in [0.5, 0.6) is 0 Å². The van der Waals surface area contributed by atoms with Crippen LogP contribution in [0.4, 0.5) is 0 Å². The molecule has 132 valence electrons. The molecule has 3 heterocycles. The SMILES string of the molecule is O=C(Cc1cccc2cccnc12)N1CCN(Cc2ccncc2)CC1. The predicted molar refractivity (Wildman–Crippen MR) is 102 cm³/mol. The second kappa shape index (κ2) is 7.62. The summed E-state index contributed by atoms with van der Waals surface area (Å²) in [6.07, 6.45) is 5.85. The van der Waals surface area contributed by atoms with Crippen molar-refractivity contribution >= 4 is 16.8 Å². The summed E-state index contributed by atoms with van der Waals surface area (Å²) in [6.45, 7) is 4.28. The highest BCUT2D eigenvalue weighted by Crippen LogP contribution is 2.17. The maximum absolute atomic E-state index is 12.7. The number of aromatic nitrogens is 2. The maximum Gasteiger partial charge on any atom is 0.227 e. The van der Waals surface area contributed by atoms with Gasteiger partial charge in [0.05, 0.1) is 11.9 Å². The fraction of sp³-hybridized carbons (Fsp3) is 0.286. The Morgan fingerprint density at radius 1 is 0.923 bits per heavy atom. The van der Waals surface area contributed by atoms with Crippen molar-refractivity contribution in [3.05, 3.63) is 72.2 Å². The van der Waals surface area contributed by atoms with E-state index in [2.05, 4.69) is 14.9 Å². The first kappa shape index (κ1) is 16.7. The molecule has 1 fully saturated rings. The van der Waals surface area contributed by atoms with Gasteiger partial charge in [0.1, 0.15) is 0 Å². The molecule has 1 aliphatic heterocycles. The normalized spacial score (nSPS) is 15.3. The van der Waals surface area contributed by atoms with Gasteiger partial charge in [-0.25, -0.2) is 0 Å². The molecule has 0 aliphatic carbocycles. The predicted octanol–water partition coefficient (Wildman–Crippen LogP) is 2.52. The molecular formula is C21H22N4O. The highest BCUT2D eigenvalue weighted by Gasteiger charge is 2.21. The van der Waals surface area contributed by atoms with E-state index in [1.54, 1.807) is 6.20 Å². The van der Waals surface area contributed by atoms with Gasteiger partial charge >= 0.3 is 0 Å². The minimum Gasteiger partial charge on any atom is -0.340 e. The number of piperazine rings is 1. The van der Waals surface area contributed by atoms with Crippen molar-refractivity contribution in [3.63, 3.8) is 0 Å². The number of rotatable bonds is 4. The molecule has 4 rings (SSSR count). The molecule has 0 saturated carbocycles. The zero-order chi connectivity index (χ0) is 17.8. The number of nitrogens with zero attached hydrogens (tertiary/aromatic N) is 4. The van der Waals surface area contributed by atoms with Crippen molar-refractivity contribution in [2.24, 2.45) is 0 Å². The quantitative estimate of drug-likeness (QED) is 0.728. The molecule has 0 N–H and O–H groups in total. The first-order valence-corrected chi connectivity index (χ1v) is 9.01. The van der Waals surface area contributed by atoms with Crippen LogP contribution in [0.15, 0.2) is 61.1 Å². The zero-order valence-corrected chi connectivity index (χ0v) is 14.7. The minimum atomic E-state index is 0.187. The number of carbonyl (C=O) groups excluding carboxylic acids is 1. The second-order valence-electron chi connectivity index (χ2n) is 6.68. The Labute approximate surface area is 153 Å². The monoisotopic (exact) mass is 346 g/mol. The van der Waals surface area contributed by atoms with Crippen LogP contribution in [0.3, 0.4) is 0 Å². The van der Waals surface area contributed by atoms with Crippen LogP contribution in [-0.2, 0) is 17.8 Å². The molecule has 5 nitrogen and oxygen atoms in total. The van der Waals surface area contributed by atoms with Crippen LogP contribution in [0.1, 0.15) is 11.1 Å². The highest BCUT2D eigenvalue weighted by molar-refractivity contribution is 5.87. The van der Waals surface area contributed by atoms with E-state index in [-0.39, 0.29) is 5.91 Å². The van der Waals surface area contributed by atoms with Crippen LogP contribution in [0.2, 0.25) is 0 Å². The summed E-state index contributed by atoms with van der Waals surface area (Å²) in [5, 5.41) is 1.08. The van der Waals surface area contributed by atoms with Crippen LogP contribution >= 0.6 is 0 Å². The number of amides is 1. The van der Waals surface area contributed by atoms with Crippen LogP contribution in [0.25, 0.3) is 10.9 Å². The third kappa shape index (κ3) is 3.73. The summed E-state index contributed by atoms with van der Waals surface area (Å²) < 4.78 is 0. The van der Waals surface area contributed by atoms with Crippen molar-refractivity contribution < 1.29 is 4.79 Å². The summed E-state index contributed by atoms with van der Waals surface area (Å²) in [5.41, 5.74) is 3.20. The van der Waals surface area contributed by atoms with E-state index in [0.717, 1.165) is 49.2 Å². The third-order valence-corrected chi connectivity index (χ3v) is 4.94. The molecule has 3 aromatic rings. The van der Waals surface area contributed by atoms with Gasteiger partial charge in [0.25, 0.3) is 0 Å². The van der Waals surface area contributed by atoms with Gasteiger partial charge in [-0.15, -0.1) is 0 Å². The summed E-state index contributed by atoms with van der Waals surface area (Å²) in [7, 11) is 0. The number of fused-ring (bicyclic) bond motifs is 1. The molecule has 0 unspecified atom stereocenters. The lowest BCUT2D eigenvalue weighted by atomic mass is 10.1.